The molecule has 3 rings (SSSR count). The van der Waals surface area contributed by atoms with Crippen LogP contribution in [0, 0.1) is 11.3 Å². The molecule has 0 fully saturated rings. The number of nitriles is 1. The highest BCUT2D eigenvalue weighted by atomic mass is 35.5. The van der Waals surface area contributed by atoms with Gasteiger partial charge in [0.05, 0.1) is 5.56 Å². The van der Waals surface area contributed by atoms with Crippen LogP contribution in [0.5, 0.6) is 0 Å². The Balaban J connectivity index is 2.22. The number of benzene rings is 2. The molecule has 0 saturated carbocycles. The van der Waals surface area contributed by atoms with E-state index in [1.165, 1.54) is 18.2 Å². The summed E-state index contributed by atoms with van der Waals surface area (Å²) in [4.78, 5) is 14.8. The van der Waals surface area contributed by atoms with Crippen molar-refractivity contribution in [3.05, 3.63) is 81.1 Å². The molecule has 3 nitrogen and oxygen atoms in total. The Morgan fingerprint density at radius 1 is 1.00 bits per heavy atom. The first kappa shape index (κ1) is 17.8. The van der Waals surface area contributed by atoms with Crippen molar-refractivity contribution in [1.29, 1.82) is 5.26 Å². The van der Waals surface area contributed by atoms with E-state index in [0.29, 0.717) is 16.3 Å². The summed E-state index contributed by atoms with van der Waals surface area (Å²) >= 11 is 5.84. The van der Waals surface area contributed by atoms with E-state index >= 15 is 0 Å². The smallest absolute Gasteiger partial charge is 0.321 e. The summed E-state index contributed by atoms with van der Waals surface area (Å²) in [5, 5.41) is 9.78. The minimum Gasteiger partial charge on any atom is -0.321 e. The number of aromatic nitrogens is 1. The Labute approximate surface area is 151 Å². The van der Waals surface area contributed by atoms with Crippen molar-refractivity contribution in [2.45, 2.75) is 6.18 Å². The number of pyridine rings is 1. The third-order valence-electron chi connectivity index (χ3n) is 3.80. The van der Waals surface area contributed by atoms with Crippen molar-refractivity contribution in [3.8, 4) is 28.5 Å². The monoisotopic (exact) mass is 374 g/mol. The van der Waals surface area contributed by atoms with Crippen LogP contribution in [0.2, 0.25) is 5.02 Å². The lowest BCUT2D eigenvalue weighted by Gasteiger charge is -2.11. The zero-order valence-electron chi connectivity index (χ0n) is 13.1. The molecule has 1 N–H and O–H groups in total. The van der Waals surface area contributed by atoms with Crippen molar-refractivity contribution in [2.75, 3.05) is 0 Å². The molecule has 1 heterocycles. The maximum atomic E-state index is 13.0. The molecule has 26 heavy (non-hydrogen) atoms. The molecule has 0 aliphatic carbocycles. The Morgan fingerprint density at radius 2 is 1.69 bits per heavy atom. The van der Waals surface area contributed by atoms with Gasteiger partial charge in [0.2, 0.25) is 0 Å². The lowest BCUT2D eigenvalue weighted by molar-refractivity contribution is -0.137. The van der Waals surface area contributed by atoms with E-state index in [0.717, 1.165) is 12.1 Å². The maximum Gasteiger partial charge on any atom is 0.416 e. The Kier molecular flexibility index (Phi) is 4.58. The zero-order valence-corrected chi connectivity index (χ0v) is 13.8. The Bertz CT molecular complexity index is 1060. The van der Waals surface area contributed by atoms with Crippen LogP contribution in [0.1, 0.15) is 11.1 Å². The Morgan fingerprint density at radius 3 is 2.31 bits per heavy atom. The summed E-state index contributed by atoms with van der Waals surface area (Å²) in [7, 11) is 0. The highest BCUT2D eigenvalue weighted by Gasteiger charge is 2.30. The number of nitrogens with one attached hydrogen (secondary N) is 1. The van der Waals surface area contributed by atoms with Gasteiger partial charge in [0.15, 0.2) is 0 Å². The van der Waals surface area contributed by atoms with Gasteiger partial charge in [-0.1, -0.05) is 35.9 Å². The predicted octanol–water partition coefficient (Wildman–Crippen LogP) is 5.25. The topological polar surface area (TPSA) is 56.6 Å². The first-order valence-corrected chi connectivity index (χ1v) is 7.78. The number of hydrogen-bond acceptors (Lipinski definition) is 2. The molecule has 3 aromatic rings. The second-order valence-corrected chi connectivity index (χ2v) is 5.93. The van der Waals surface area contributed by atoms with Gasteiger partial charge < -0.3 is 4.98 Å². The maximum absolute atomic E-state index is 13.0. The van der Waals surface area contributed by atoms with Crippen LogP contribution in [-0.4, -0.2) is 4.98 Å². The third-order valence-corrected chi connectivity index (χ3v) is 4.05. The lowest BCUT2D eigenvalue weighted by Crippen LogP contribution is -2.13. The number of H-pyrrole nitrogens is 1. The molecule has 0 aliphatic heterocycles. The fourth-order valence-corrected chi connectivity index (χ4v) is 2.67. The molecule has 1 aromatic heterocycles. The molecular weight excluding hydrogens is 365 g/mol. The van der Waals surface area contributed by atoms with Crippen LogP contribution < -0.4 is 5.56 Å². The van der Waals surface area contributed by atoms with E-state index in [-0.39, 0.29) is 16.7 Å². The predicted molar refractivity (Wildman–Crippen MR) is 92.7 cm³/mol. The molecule has 0 spiro atoms. The summed E-state index contributed by atoms with van der Waals surface area (Å²) in [6.07, 6.45) is -4.52. The molecule has 130 valence electrons. The largest absolute Gasteiger partial charge is 0.416 e. The Hall–Kier alpha value is -3.04. The second-order valence-electron chi connectivity index (χ2n) is 5.50. The van der Waals surface area contributed by atoms with E-state index in [2.05, 4.69) is 4.98 Å². The van der Waals surface area contributed by atoms with Gasteiger partial charge in [0, 0.05) is 16.3 Å². The molecule has 2 aromatic carbocycles. The quantitative estimate of drug-likeness (QED) is 0.665. The van der Waals surface area contributed by atoms with Crippen molar-refractivity contribution in [3.63, 3.8) is 0 Å². The molecule has 0 unspecified atom stereocenters. The van der Waals surface area contributed by atoms with Crippen LogP contribution >= 0.6 is 11.6 Å². The van der Waals surface area contributed by atoms with Gasteiger partial charge in [-0.3, -0.25) is 4.79 Å². The van der Waals surface area contributed by atoms with Gasteiger partial charge >= 0.3 is 6.18 Å². The summed E-state index contributed by atoms with van der Waals surface area (Å²) in [5.41, 5.74) is -0.520. The minimum absolute atomic E-state index is 0.132. The van der Waals surface area contributed by atoms with E-state index in [1.807, 2.05) is 0 Å². The van der Waals surface area contributed by atoms with Crippen molar-refractivity contribution in [1.82, 2.24) is 4.98 Å². The van der Waals surface area contributed by atoms with Crippen molar-refractivity contribution < 1.29 is 13.2 Å². The van der Waals surface area contributed by atoms with Crippen LogP contribution in [0.15, 0.2) is 59.4 Å². The molecule has 7 heteroatoms. The molecule has 0 saturated heterocycles. The molecule has 0 aliphatic rings. The normalized spacial score (nSPS) is 11.2. The minimum atomic E-state index is -4.52. The van der Waals surface area contributed by atoms with Crippen molar-refractivity contribution >= 4 is 11.6 Å². The fraction of sp³-hybridized carbons (Fsp3) is 0.0526. The summed E-state index contributed by atoms with van der Waals surface area (Å²) in [6.45, 7) is 0. The number of halogens is 4. The SMILES string of the molecule is N#Cc1c(-c2cccc(C(F)(F)F)c2)cc(-c2ccc(Cl)cc2)[nH]c1=O. The first-order valence-electron chi connectivity index (χ1n) is 7.40. The zero-order chi connectivity index (χ0) is 18.9. The van der Waals surface area contributed by atoms with Crippen LogP contribution in [-0.2, 0) is 6.18 Å². The summed E-state index contributed by atoms with van der Waals surface area (Å²) in [6, 6.07) is 14.3. The van der Waals surface area contributed by atoms with Gasteiger partial charge in [-0.2, -0.15) is 18.4 Å². The lowest BCUT2D eigenvalue weighted by atomic mass is 9.97. The standard InChI is InChI=1S/C19H10ClF3N2O/c20-14-6-4-11(5-7-14)17-9-15(16(10-24)18(26)25-17)12-2-1-3-13(8-12)19(21,22)23/h1-9H,(H,25,26). The molecule has 0 bridgehead atoms. The van der Waals surface area contributed by atoms with Crippen LogP contribution in [0.25, 0.3) is 22.4 Å². The second kappa shape index (κ2) is 6.70. The van der Waals surface area contributed by atoms with E-state index in [1.54, 1.807) is 30.3 Å². The summed E-state index contributed by atoms with van der Waals surface area (Å²) < 4.78 is 38.9. The number of alkyl halides is 3. The van der Waals surface area contributed by atoms with Crippen LogP contribution in [0.3, 0.4) is 0 Å². The molecule has 0 amide bonds. The highest BCUT2D eigenvalue weighted by molar-refractivity contribution is 6.30. The van der Waals surface area contributed by atoms with Gasteiger partial charge in [-0.05, 0) is 41.5 Å². The van der Waals surface area contributed by atoms with Gasteiger partial charge in [0.1, 0.15) is 11.6 Å². The van der Waals surface area contributed by atoms with Gasteiger partial charge in [-0.15, -0.1) is 0 Å². The molecule has 0 atom stereocenters. The molecule has 0 radical (unpaired) electrons. The third kappa shape index (κ3) is 3.48. The first-order chi connectivity index (χ1) is 12.3. The van der Waals surface area contributed by atoms with E-state index < -0.39 is 17.3 Å². The number of nitrogens with zero attached hydrogens (tertiary/aromatic N) is 1. The fourth-order valence-electron chi connectivity index (χ4n) is 2.55. The average Bonchev–Trinajstić information content (AvgIpc) is 2.61. The number of hydrogen-bond donors (Lipinski definition) is 1. The van der Waals surface area contributed by atoms with E-state index in [4.69, 9.17) is 11.6 Å². The van der Waals surface area contributed by atoms with E-state index in [9.17, 15) is 23.2 Å². The van der Waals surface area contributed by atoms with Crippen molar-refractivity contribution in [2.24, 2.45) is 0 Å². The number of rotatable bonds is 2. The summed E-state index contributed by atoms with van der Waals surface area (Å²) in [5.74, 6) is 0. The van der Waals surface area contributed by atoms with Gasteiger partial charge in [-0.25, -0.2) is 0 Å². The van der Waals surface area contributed by atoms with Crippen LogP contribution in [0.4, 0.5) is 13.2 Å². The van der Waals surface area contributed by atoms with Gasteiger partial charge in [0.25, 0.3) is 5.56 Å². The number of aromatic amines is 1. The highest BCUT2D eigenvalue weighted by Crippen LogP contribution is 2.33. The average molecular weight is 375 g/mol. The molecular formula is C19H10ClF3N2O.